The molecular formula is C32H28F2N4O5S. The standard InChI is InChI=1S/C32H28F2N4O5S/c1-2-27(22-11-19(17-35)12-24(34)15-22)38-29(13-18-3-4-18)37-31(40)30(32(38)41)44(42,43)25-8-5-20(6-9-25)26-10-7-23(33)14-21(26)16-28(36)39/h5-12,14-15,18,27,40H,2-4,13,16H2,1H3,(H2,36,39)/t27-/m0/s1. The second-order valence-electron chi connectivity index (χ2n) is 10.8. The van der Waals surface area contributed by atoms with Crippen molar-refractivity contribution in [3.63, 3.8) is 0 Å². The Morgan fingerprint density at radius 2 is 1.82 bits per heavy atom. The number of hydrogen-bond donors (Lipinski definition) is 2. The number of nitrogens with two attached hydrogens (primary N) is 1. The maximum absolute atomic E-state index is 14.4. The van der Waals surface area contributed by atoms with Crippen molar-refractivity contribution in [2.75, 3.05) is 0 Å². The molecule has 0 aliphatic heterocycles. The predicted molar refractivity (Wildman–Crippen MR) is 156 cm³/mol. The normalized spacial score (nSPS) is 13.8. The topological polar surface area (TPSA) is 156 Å². The molecule has 1 aromatic heterocycles. The Labute approximate surface area is 252 Å². The van der Waals surface area contributed by atoms with Gasteiger partial charge in [0.25, 0.3) is 5.56 Å². The minimum Gasteiger partial charge on any atom is -0.492 e. The lowest BCUT2D eigenvalue weighted by molar-refractivity contribution is -0.117. The summed E-state index contributed by atoms with van der Waals surface area (Å²) in [6.45, 7) is 1.73. The molecule has 5 rings (SSSR count). The van der Waals surface area contributed by atoms with E-state index < -0.39 is 49.8 Å². The molecule has 0 bridgehead atoms. The van der Waals surface area contributed by atoms with Gasteiger partial charge in [-0.25, -0.2) is 17.2 Å². The molecule has 44 heavy (non-hydrogen) atoms. The number of amides is 1. The first-order valence-electron chi connectivity index (χ1n) is 13.9. The van der Waals surface area contributed by atoms with Crippen LogP contribution in [0.3, 0.4) is 0 Å². The quantitative estimate of drug-likeness (QED) is 0.264. The van der Waals surface area contributed by atoms with E-state index in [0.29, 0.717) is 23.1 Å². The number of rotatable bonds is 10. The molecule has 3 aromatic carbocycles. The molecule has 0 unspecified atom stereocenters. The van der Waals surface area contributed by atoms with Gasteiger partial charge < -0.3 is 10.8 Å². The van der Waals surface area contributed by atoms with E-state index in [9.17, 15) is 37.2 Å². The van der Waals surface area contributed by atoms with Crippen LogP contribution in [0, 0.1) is 28.9 Å². The Morgan fingerprint density at radius 1 is 1.11 bits per heavy atom. The van der Waals surface area contributed by atoms with Gasteiger partial charge in [0.1, 0.15) is 17.5 Å². The second kappa shape index (κ2) is 12.0. The Hall–Kier alpha value is -4.89. The molecule has 1 atom stereocenters. The fourth-order valence-corrected chi connectivity index (χ4v) is 6.72. The molecule has 1 heterocycles. The zero-order valence-electron chi connectivity index (χ0n) is 23.6. The Kier molecular flexibility index (Phi) is 8.34. The third-order valence-corrected chi connectivity index (χ3v) is 9.39. The highest BCUT2D eigenvalue weighted by Crippen LogP contribution is 2.35. The largest absolute Gasteiger partial charge is 0.492 e. The van der Waals surface area contributed by atoms with Gasteiger partial charge in [0.2, 0.25) is 21.6 Å². The van der Waals surface area contributed by atoms with Crippen LogP contribution in [0.5, 0.6) is 5.88 Å². The van der Waals surface area contributed by atoms with Crippen molar-refractivity contribution in [1.82, 2.24) is 9.55 Å². The molecule has 1 fully saturated rings. The van der Waals surface area contributed by atoms with Crippen LogP contribution in [0.15, 0.2) is 75.2 Å². The van der Waals surface area contributed by atoms with Gasteiger partial charge in [-0.3, -0.25) is 14.2 Å². The van der Waals surface area contributed by atoms with Crippen LogP contribution in [0.1, 0.15) is 54.7 Å². The molecular weight excluding hydrogens is 590 g/mol. The summed E-state index contributed by atoms with van der Waals surface area (Å²) >= 11 is 0. The maximum Gasteiger partial charge on any atom is 0.277 e. The Morgan fingerprint density at radius 3 is 2.43 bits per heavy atom. The summed E-state index contributed by atoms with van der Waals surface area (Å²) < 4.78 is 57.2. The average molecular weight is 619 g/mol. The lowest BCUT2D eigenvalue weighted by atomic mass is 9.97. The number of aromatic hydroxyl groups is 1. The Bertz CT molecular complexity index is 1980. The Balaban J connectivity index is 1.63. The van der Waals surface area contributed by atoms with Crippen LogP contribution in [-0.4, -0.2) is 29.0 Å². The van der Waals surface area contributed by atoms with Crippen molar-refractivity contribution in [2.45, 2.75) is 54.9 Å². The molecule has 9 nitrogen and oxygen atoms in total. The molecule has 12 heteroatoms. The molecule has 0 saturated heterocycles. The number of primary amides is 1. The number of aromatic nitrogens is 2. The van der Waals surface area contributed by atoms with Crippen molar-refractivity contribution >= 4 is 15.7 Å². The van der Waals surface area contributed by atoms with E-state index in [1.807, 2.05) is 6.07 Å². The van der Waals surface area contributed by atoms with E-state index in [0.717, 1.165) is 18.9 Å². The predicted octanol–water partition coefficient (Wildman–Crippen LogP) is 4.58. The van der Waals surface area contributed by atoms with Gasteiger partial charge >= 0.3 is 0 Å². The SMILES string of the molecule is CC[C@@H](c1cc(F)cc(C#N)c1)n1c(CC2CC2)nc(O)c(S(=O)(=O)c2ccc(-c3ccc(F)cc3CC(N)=O)cc2)c1=O. The molecule has 0 spiro atoms. The van der Waals surface area contributed by atoms with E-state index in [1.54, 1.807) is 6.92 Å². The highest BCUT2D eigenvalue weighted by Gasteiger charge is 2.34. The van der Waals surface area contributed by atoms with Gasteiger partial charge in [-0.05, 0) is 89.9 Å². The van der Waals surface area contributed by atoms with E-state index in [4.69, 9.17) is 5.73 Å². The molecule has 226 valence electrons. The number of benzene rings is 3. The van der Waals surface area contributed by atoms with Crippen LogP contribution in [0.25, 0.3) is 11.1 Å². The summed E-state index contributed by atoms with van der Waals surface area (Å²) in [5.74, 6) is -2.51. The molecule has 1 amide bonds. The minimum absolute atomic E-state index is 0.0371. The van der Waals surface area contributed by atoms with Crippen LogP contribution >= 0.6 is 0 Å². The third-order valence-electron chi connectivity index (χ3n) is 7.61. The van der Waals surface area contributed by atoms with E-state index in [2.05, 4.69) is 4.98 Å². The summed E-state index contributed by atoms with van der Waals surface area (Å²) in [5, 5.41) is 20.2. The van der Waals surface area contributed by atoms with Crippen molar-refractivity contribution in [3.8, 4) is 23.1 Å². The smallest absolute Gasteiger partial charge is 0.277 e. The maximum atomic E-state index is 14.4. The number of carbonyl (C=O) groups excluding carboxylic acids is 1. The summed E-state index contributed by atoms with van der Waals surface area (Å²) in [4.78, 5) is 28.5. The van der Waals surface area contributed by atoms with Gasteiger partial charge in [-0.15, -0.1) is 0 Å². The van der Waals surface area contributed by atoms with Gasteiger partial charge in [-0.2, -0.15) is 10.2 Å². The average Bonchev–Trinajstić information content (AvgIpc) is 3.78. The van der Waals surface area contributed by atoms with E-state index in [1.165, 1.54) is 59.2 Å². The van der Waals surface area contributed by atoms with Gasteiger partial charge in [0, 0.05) is 6.42 Å². The molecule has 4 aromatic rings. The highest BCUT2D eigenvalue weighted by atomic mass is 32.2. The van der Waals surface area contributed by atoms with Gasteiger partial charge in [0.05, 0.1) is 29.0 Å². The van der Waals surface area contributed by atoms with Crippen LogP contribution in [0.2, 0.25) is 0 Å². The van der Waals surface area contributed by atoms with E-state index >= 15 is 0 Å². The number of carbonyl (C=O) groups is 1. The molecule has 1 aliphatic rings. The van der Waals surface area contributed by atoms with E-state index in [-0.39, 0.29) is 40.6 Å². The number of nitrogens with zero attached hydrogens (tertiary/aromatic N) is 3. The fourth-order valence-electron chi connectivity index (χ4n) is 5.38. The van der Waals surface area contributed by atoms with Gasteiger partial charge in [0.15, 0.2) is 4.90 Å². The lowest BCUT2D eigenvalue weighted by Crippen LogP contribution is -2.33. The third kappa shape index (κ3) is 6.09. The van der Waals surface area contributed by atoms with Crippen molar-refractivity contribution in [3.05, 3.63) is 105 Å². The molecule has 3 N–H and O–H groups in total. The molecule has 0 radical (unpaired) electrons. The van der Waals surface area contributed by atoms with Crippen LogP contribution < -0.4 is 11.3 Å². The lowest BCUT2D eigenvalue weighted by Gasteiger charge is -2.23. The molecule has 1 saturated carbocycles. The minimum atomic E-state index is -4.64. The zero-order chi connectivity index (χ0) is 31.8. The monoisotopic (exact) mass is 618 g/mol. The fraction of sp³-hybridized carbons (Fsp3) is 0.250. The number of halogens is 2. The van der Waals surface area contributed by atoms with Crippen LogP contribution in [0.4, 0.5) is 8.78 Å². The van der Waals surface area contributed by atoms with Gasteiger partial charge in [-0.1, -0.05) is 25.1 Å². The number of nitriles is 1. The van der Waals surface area contributed by atoms with Crippen molar-refractivity contribution in [2.24, 2.45) is 11.7 Å². The first kappa shape index (κ1) is 30.6. The number of hydrogen-bond acceptors (Lipinski definition) is 7. The highest BCUT2D eigenvalue weighted by molar-refractivity contribution is 7.91. The number of sulfone groups is 1. The molecule has 1 aliphatic carbocycles. The second-order valence-corrected chi connectivity index (χ2v) is 12.7. The summed E-state index contributed by atoms with van der Waals surface area (Å²) in [5.41, 5.74) is 5.84. The van der Waals surface area contributed by atoms with Crippen LogP contribution in [-0.2, 0) is 27.5 Å². The van der Waals surface area contributed by atoms with Crippen molar-refractivity contribution in [1.29, 1.82) is 5.26 Å². The zero-order valence-corrected chi connectivity index (χ0v) is 24.4. The van der Waals surface area contributed by atoms with Crippen molar-refractivity contribution < 1.29 is 27.1 Å². The summed E-state index contributed by atoms with van der Waals surface area (Å²) in [6.07, 6.45) is 2.07. The summed E-state index contributed by atoms with van der Waals surface area (Å²) in [6, 6.07) is 13.8. The summed E-state index contributed by atoms with van der Waals surface area (Å²) in [7, 11) is -4.64. The first-order valence-corrected chi connectivity index (χ1v) is 15.4. The first-order chi connectivity index (χ1) is 20.9.